The summed E-state index contributed by atoms with van der Waals surface area (Å²) in [4.78, 5) is 49.4. The van der Waals surface area contributed by atoms with Crippen molar-refractivity contribution in [2.45, 2.75) is 13.3 Å². The Morgan fingerprint density at radius 2 is 1.57 bits per heavy atom. The van der Waals surface area contributed by atoms with Crippen molar-refractivity contribution >= 4 is 40.7 Å². The van der Waals surface area contributed by atoms with Crippen LogP contribution in [-0.4, -0.2) is 22.5 Å². The molecule has 0 atom stereocenters. The Labute approximate surface area is 253 Å². The average Bonchev–Trinajstić information content (AvgIpc) is 3.51. The van der Waals surface area contributed by atoms with Crippen molar-refractivity contribution in [1.82, 2.24) is 0 Å². The Kier molecular flexibility index (Phi) is 8.86. The zero-order valence-corrected chi connectivity index (χ0v) is 23.7. The molecule has 218 valence electrons. The molecule has 44 heavy (non-hydrogen) atoms. The Hall–Kier alpha value is -6.09. The second-order valence-corrected chi connectivity index (χ2v) is 9.99. The maximum Gasteiger partial charge on any atom is 0.269 e. The summed E-state index contributed by atoms with van der Waals surface area (Å²) in [6.45, 7) is 1.97. The molecule has 0 aliphatic heterocycles. The van der Waals surface area contributed by atoms with Crippen molar-refractivity contribution in [1.29, 1.82) is 0 Å². The minimum Gasteiger partial charge on any atom is -0.457 e. The van der Waals surface area contributed by atoms with E-state index in [2.05, 4.69) is 10.6 Å². The number of hydrogen-bond donors (Lipinski definition) is 2. The van der Waals surface area contributed by atoms with Crippen LogP contribution in [0.15, 0.2) is 120 Å². The summed E-state index contributed by atoms with van der Waals surface area (Å²) >= 11 is 0. The first-order valence-corrected chi connectivity index (χ1v) is 13.7. The molecule has 5 rings (SSSR count). The predicted octanol–water partition coefficient (Wildman–Crippen LogP) is 7.23. The van der Waals surface area contributed by atoms with Gasteiger partial charge in [0, 0.05) is 40.6 Å². The van der Waals surface area contributed by atoms with Crippen molar-refractivity contribution < 1.29 is 23.7 Å². The van der Waals surface area contributed by atoms with E-state index in [1.165, 1.54) is 30.4 Å². The number of ketones is 1. The highest BCUT2D eigenvalue weighted by Crippen LogP contribution is 2.26. The molecule has 0 fully saturated rings. The second kappa shape index (κ2) is 13.3. The number of nitrogens with zero attached hydrogens (tertiary/aromatic N) is 1. The van der Waals surface area contributed by atoms with Crippen LogP contribution in [0.2, 0.25) is 0 Å². The molecule has 0 radical (unpaired) electrons. The van der Waals surface area contributed by atoms with Gasteiger partial charge in [0.2, 0.25) is 11.8 Å². The van der Waals surface area contributed by atoms with Gasteiger partial charge in [-0.05, 0) is 61.0 Å². The summed E-state index contributed by atoms with van der Waals surface area (Å²) in [5.74, 6) is -0.156. The first-order chi connectivity index (χ1) is 21.2. The smallest absolute Gasteiger partial charge is 0.269 e. The van der Waals surface area contributed by atoms with E-state index in [1.54, 1.807) is 66.7 Å². The van der Waals surface area contributed by atoms with Gasteiger partial charge in [-0.25, -0.2) is 0 Å². The molecule has 0 unspecified atom stereocenters. The highest BCUT2D eigenvalue weighted by atomic mass is 16.6. The Balaban J connectivity index is 1.30. The molecule has 0 spiro atoms. The molecule has 0 saturated carbocycles. The zero-order valence-electron chi connectivity index (χ0n) is 23.7. The number of benzene rings is 4. The number of rotatable bonds is 10. The lowest BCUT2D eigenvalue weighted by molar-refractivity contribution is -0.384. The quantitative estimate of drug-likeness (QED) is 0.0769. The molecule has 0 saturated heterocycles. The van der Waals surface area contributed by atoms with Gasteiger partial charge in [0.05, 0.1) is 17.0 Å². The molecule has 0 bridgehead atoms. The molecule has 0 aliphatic carbocycles. The molecule has 2 amide bonds. The molecule has 5 aromatic rings. The van der Waals surface area contributed by atoms with Crippen LogP contribution in [0.5, 0.6) is 0 Å². The number of hydrogen-bond acceptors (Lipinski definition) is 6. The average molecular weight is 586 g/mol. The van der Waals surface area contributed by atoms with Crippen LogP contribution < -0.4 is 10.6 Å². The molecule has 1 heterocycles. The van der Waals surface area contributed by atoms with Crippen LogP contribution in [0.25, 0.3) is 17.4 Å². The maximum atomic E-state index is 13.4. The van der Waals surface area contributed by atoms with E-state index >= 15 is 0 Å². The fraction of sp³-hybridized carbons (Fsp3) is 0.0571. The fourth-order valence-corrected chi connectivity index (χ4v) is 4.44. The standard InChI is InChI=1S/C35H27N3O6/c1-23-7-9-24(10-8-23)21-34(40)37-31-18-13-27(22-30(31)35(41)26-5-3-2-4-6-26)36-33(39)20-17-29-16-19-32(44-29)25-11-14-28(15-12-25)38(42)43/h2-20,22H,21H2,1H3,(H,36,39)(H,37,40)/b20-17+. The number of carbonyl (C=O) groups is 3. The zero-order chi connectivity index (χ0) is 31.1. The lowest BCUT2D eigenvalue weighted by atomic mass is 10.0. The van der Waals surface area contributed by atoms with Crippen molar-refractivity contribution in [3.63, 3.8) is 0 Å². The van der Waals surface area contributed by atoms with Gasteiger partial charge in [0.1, 0.15) is 11.5 Å². The topological polar surface area (TPSA) is 132 Å². The van der Waals surface area contributed by atoms with Gasteiger partial charge in [-0.2, -0.15) is 0 Å². The SMILES string of the molecule is Cc1ccc(CC(=O)Nc2ccc(NC(=O)/C=C/c3ccc(-c4ccc([N+](=O)[O-])cc4)o3)cc2C(=O)c2ccccc2)cc1. The van der Waals surface area contributed by atoms with Crippen LogP contribution >= 0.6 is 0 Å². The second-order valence-electron chi connectivity index (χ2n) is 9.99. The molecular weight excluding hydrogens is 558 g/mol. The van der Waals surface area contributed by atoms with Gasteiger partial charge in [-0.1, -0.05) is 60.2 Å². The number of carbonyl (C=O) groups excluding carboxylic acids is 3. The summed E-state index contributed by atoms with van der Waals surface area (Å²) in [7, 11) is 0. The van der Waals surface area contributed by atoms with E-state index in [1.807, 2.05) is 31.2 Å². The van der Waals surface area contributed by atoms with E-state index < -0.39 is 10.8 Å². The van der Waals surface area contributed by atoms with Gasteiger partial charge in [0.25, 0.3) is 5.69 Å². The van der Waals surface area contributed by atoms with Crippen LogP contribution in [0, 0.1) is 17.0 Å². The third kappa shape index (κ3) is 7.40. The van der Waals surface area contributed by atoms with Crippen molar-refractivity contribution in [3.05, 3.63) is 153 Å². The van der Waals surface area contributed by atoms with E-state index in [9.17, 15) is 24.5 Å². The number of non-ortho nitro benzene ring substituents is 1. The van der Waals surface area contributed by atoms with E-state index in [4.69, 9.17) is 4.42 Å². The van der Waals surface area contributed by atoms with Gasteiger partial charge in [-0.15, -0.1) is 0 Å². The van der Waals surface area contributed by atoms with Gasteiger partial charge in [-0.3, -0.25) is 24.5 Å². The van der Waals surface area contributed by atoms with Crippen LogP contribution in [-0.2, 0) is 16.0 Å². The van der Waals surface area contributed by atoms with Crippen LogP contribution in [0.1, 0.15) is 32.8 Å². The first-order valence-electron chi connectivity index (χ1n) is 13.7. The van der Waals surface area contributed by atoms with Crippen molar-refractivity contribution in [2.24, 2.45) is 0 Å². The van der Waals surface area contributed by atoms with Crippen molar-refractivity contribution in [3.8, 4) is 11.3 Å². The summed E-state index contributed by atoms with van der Waals surface area (Å²) < 4.78 is 5.75. The molecule has 9 nitrogen and oxygen atoms in total. The summed E-state index contributed by atoms with van der Waals surface area (Å²) in [5.41, 5.74) is 3.93. The molecule has 0 aliphatic rings. The maximum absolute atomic E-state index is 13.4. The number of furan rings is 1. The van der Waals surface area contributed by atoms with Crippen molar-refractivity contribution in [2.75, 3.05) is 10.6 Å². The van der Waals surface area contributed by atoms with E-state index in [0.29, 0.717) is 34.0 Å². The summed E-state index contributed by atoms with van der Waals surface area (Å²) in [5, 5.41) is 16.5. The van der Waals surface area contributed by atoms with E-state index in [0.717, 1.165) is 11.1 Å². The highest BCUT2D eigenvalue weighted by Gasteiger charge is 2.17. The Bertz CT molecular complexity index is 1860. The fourth-order valence-electron chi connectivity index (χ4n) is 4.44. The van der Waals surface area contributed by atoms with Gasteiger partial charge < -0.3 is 15.1 Å². The summed E-state index contributed by atoms with van der Waals surface area (Å²) in [6.07, 6.45) is 2.91. The van der Waals surface area contributed by atoms with Gasteiger partial charge >= 0.3 is 0 Å². The third-order valence-electron chi connectivity index (χ3n) is 6.72. The predicted molar refractivity (Wildman–Crippen MR) is 168 cm³/mol. The lowest BCUT2D eigenvalue weighted by Crippen LogP contribution is -2.18. The number of amides is 2. The molecular formula is C35H27N3O6. The first kappa shape index (κ1) is 29.4. The highest BCUT2D eigenvalue weighted by molar-refractivity contribution is 6.15. The number of aryl methyl sites for hydroxylation is 1. The molecule has 4 aromatic carbocycles. The van der Waals surface area contributed by atoms with Crippen LogP contribution in [0.4, 0.5) is 17.1 Å². The Morgan fingerprint density at radius 3 is 2.27 bits per heavy atom. The normalized spacial score (nSPS) is 10.8. The van der Waals surface area contributed by atoms with Gasteiger partial charge in [0.15, 0.2) is 5.78 Å². The third-order valence-corrected chi connectivity index (χ3v) is 6.72. The number of nitro groups is 1. The monoisotopic (exact) mass is 585 g/mol. The number of anilines is 2. The largest absolute Gasteiger partial charge is 0.457 e. The minimum absolute atomic E-state index is 0.0246. The van der Waals surface area contributed by atoms with E-state index in [-0.39, 0.29) is 29.4 Å². The lowest BCUT2D eigenvalue weighted by Gasteiger charge is -2.13. The molecule has 9 heteroatoms. The summed E-state index contributed by atoms with van der Waals surface area (Å²) in [6, 6.07) is 30.3. The molecule has 2 N–H and O–H groups in total. The number of nitrogens with one attached hydrogen (secondary N) is 2. The Morgan fingerprint density at radius 1 is 0.841 bits per heavy atom. The number of nitro benzene ring substituents is 1. The molecule has 1 aromatic heterocycles. The minimum atomic E-state index is -0.477. The van der Waals surface area contributed by atoms with Crippen LogP contribution in [0.3, 0.4) is 0 Å².